The van der Waals surface area contributed by atoms with E-state index in [1.807, 2.05) is 0 Å². The van der Waals surface area contributed by atoms with Crippen LogP contribution in [0.3, 0.4) is 0 Å². The Morgan fingerprint density at radius 3 is 2.36 bits per heavy atom. The van der Waals surface area contributed by atoms with Crippen LogP contribution in [0, 0.1) is 0 Å². The second-order valence-corrected chi connectivity index (χ2v) is 4.43. The molecule has 22 heavy (non-hydrogen) atoms. The van der Waals surface area contributed by atoms with Gasteiger partial charge in [-0.2, -0.15) is 0 Å². The van der Waals surface area contributed by atoms with E-state index in [0.29, 0.717) is 0 Å². The van der Waals surface area contributed by atoms with Crippen LogP contribution in [0.1, 0.15) is 0 Å². The second kappa shape index (κ2) is 8.39. The van der Waals surface area contributed by atoms with E-state index in [9.17, 15) is 20.1 Å². The molecule has 3 atom stereocenters. The third-order valence-electron chi connectivity index (χ3n) is 2.69. The second-order valence-electron chi connectivity index (χ2n) is 4.43. The first-order valence-electron chi connectivity index (χ1n) is 6.30. The molecule has 0 radical (unpaired) electrons. The summed E-state index contributed by atoms with van der Waals surface area (Å²) in [5.74, 6) is -1.50. The fourth-order valence-electron chi connectivity index (χ4n) is 1.42. The van der Waals surface area contributed by atoms with Crippen LogP contribution in [0.5, 0.6) is 17.2 Å². The molecule has 6 N–H and O–H groups in total. The Balaban J connectivity index is 2.35. The van der Waals surface area contributed by atoms with Crippen LogP contribution in [0.4, 0.5) is 0 Å². The maximum Gasteiger partial charge on any atom is 0.344 e. The molecule has 1 aromatic rings. The first-order valence-corrected chi connectivity index (χ1v) is 6.30. The minimum absolute atomic E-state index is 0.114. The van der Waals surface area contributed by atoms with Gasteiger partial charge in [0.1, 0.15) is 30.7 Å². The van der Waals surface area contributed by atoms with Crippen molar-refractivity contribution >= 4 is 5.97 Å². The zero-order valence-electron chi connectivity index (χ0n) is 11.5. The van der Waals surface area contributed by atoms with Crippen LogP contribution in [-0.2, 0) is 9.53 Å². The number of carbonyl (C=O) groups is 1. The van der Waals surface area contributed by atoms with Crippen molar-refractivity contribution in [2.75, 3.05) is 19.8 Å². The van der Waals surface area contributed by atoms with Crippen LogP contribution >= 0.6 is 0 Å². The minimum Gasteiger partial charge on any atom is -0.504 e. The Bertz CT molecular complexity index is 490. The molecule has 0 fully saturated rings. The van der Waals surface area contributed by atoms with E-state index >= 15 is 0 Å². The van der Waals surface area contributed by atoms with Gasteiger partial charge in [-0.25, -0.2) is 4.79 Å². The zero-order chi connectivity index (χ0) is 16.7. The van der Waals surface area contributed by atoms with Crippen LogP contribution in [0.2, 0.25) is 0 Å². The van der Waals surface area contributed by atoms with Gasteiger partial charge in [0.05, 0.1) is 6.61 Å². The Kier molecular flexibility index (Phi) is 6.86. The number of aliphatic hydroxyl groups is 4. The molecule has 0 heterocycles. The molecule has 0 aliphatic heterocycles. The van der Waals surface area contributed by atoms with E-state index in [1.165, 1.54) is 12.1 Å². The van der Waals surface area contributed by atoms with Crippen molar-refractivity contribution in [1.82, 2.24) is 0 Å². The number of aromatic hydroxyl groups is 2. The topological polar surface area (TPSA) is 157 Å². The van der Waals surface area contributed by atoms with Gasteiger partial charge < -0.3 is 40.1 Å². The lowest BCUT2D eigenvalue weighted by Gasteiger charge is -2.21. The normalized spacial score (nSPS) is 14.9. The molecule has 124 valence electrons. The third kappa shape index (κ3) is 5.37. The summed E-state index contributed by atoms with van der Waals surface area (Å²) in [6.45, 7) is -1.88. The molecular weight excluding hydrogens is 300 g/mol. The summed E-state index contributed by atoms with van der Waals surface area (Å²) in [5, 5.41) is 54.8. The van der Waals surface area contributed by atoms with Gasteiger partial charge in [0.15, 0.2) is 18.1 Å². The van der Waals surface area contributed by atoms with E-state index in [1.54, 1.807) is 0 Å². The number of phenols is 2. The molecular formula is C13H18O9. The third-order valence-corrected chi connectivity index (χ3v) is 2.69. The largest absolute Gasteiger partial charge is 0.504 e. The predicted octanol–water partition coefficient (Wildman–Crippen LogP) is -1.91. The summed E-state index contributed by atoms with van der Waals surface area (Å²) in [7, 11) is 0. The van der Waals surface area contributed by atoms with E-state index in [-0.39, 0.29) is 11.5 Å². The summed E-state index contributed by atoms with van der Waals surface area (Å²) in [5.41, 5.74) is 0. The molecule has 9 heteroatoms. The highest BCUT2D eigenvalue weighted by Crippen LogP contribution is 2.28. The van der Waals surface area contributed by atoms with Crippen LogP contribution in [-0.4, -0.2) is 74.7 Å². The van der Waals surface area contributed by atoms with Crippen molar-refractivity contribution in [2.45, 2.75) is 18.3 Å². The number of phenolic OH excluding ortho intramolecular Hbond substituents is 2. The highest BCUT2D eigenvalue weighted by molar-refractivity contribution is 5.71. The molecule has 1 rings (SSSR count). The molecule has 0 amide bonds. The standard InChI is InChI=1S/C13H18O9/c14-4-10(17)13(20)11(18)5-22-12(19)6-21-7-1-2-8(15)9(16)3-7/h1-3,10-11,13-18,20H,4-6H2. The maximum atomic E-state index is 11.4. The monoisotopic (exact) mass is 318 g/mol. The SMILES string of the molecule is O=C(COc1ccc(O)c(O)c1)OCC(O)C(O)C(O)CO. The number of hydrogen-bond donors (Lipinski definition) is 6. The van der Waals surface area contributed by atoms with Crippen LogP contribution in [0.15, 0.2) is 18.2 Å². The molecule has 0 aliphatic carbocycles. The number of aliphatic hydroxyl groups excluding tert-OH is 4. The van der Waals surface area contributed by atoms with Crippen LogP contribution < -0.4 is 4.74 Å². The summed E-state index contributed by atoms with van der Waals surface area (Å²) >= 11 is 0. The Morgan fingerprint density at radius 1 is 1.09 bits per heavy atom. The van der Waals surface area contributed by atoms with E-state index in [0.717, 1.165) is 6.07 Å². The van der Waals surface area contributed by atoms with Crippen molar-refractivity contribution < 1.29 is 44.9 Å². The van der Waals surface area contributed by atoms with Gasteiger partial charge in [-0.1, -0.05) is 0 Å². The highest BCUT2D eigenvalue weighted by Gasteiger charge is 2.25. The Morgan fingerprint density at radius 2 is 1.77 bits per heavy atom. The molecule has 3 unspecified atom stereocenters. The Labute approximate surface area is 125 Å². The van der Waals surface area contributed by atoms with Gasteiger partial charge in [0, 0.05) is 6.07 Å². The van der Waals surface area contributed by atoms with Gasteiger partial charge in [0.25, 0.3) is 0 Å². The quantitative estimate of drug-likeness (QED) is 0.238. The number of hydrogen-bond acceptors (Lipinski definition) is 9. The molecule has 0 aromatic heterocycles. The Hall–Kier alpha value is -2.07. The molecule has 0 bridgehead atoms. The van der Waals surface area contributed by atoms with Crippen molar-refractivity contribution in [3.05, 3.63) is 18.2 Å². The van der Waals surface area contributed by atoms with Gasteiger partial charge >= 0.3 is 5.97 Å². The zero-order valence-corrected chi connectivity index (χ0v) is 11.5. The fraction of sp³-hybridized carbons (Fsp3) is 0.462. The molecule has 0 spiro atoms. The van der Waals surface area contributed by atoms with E-state index in [4.69, 9.17) is 20.1 Å². The van der Waals surface area contributed by atoms with Crippen molar-refractivity contribution in [3.63, 3.8) is 0 Å². The number of carbonyl (C=O) groups excluding carboxylic acids is 1. The number of benzene rings is 1. The number of esters is 1. The first kappa shape index (κ1) is 18.0. The van der Waals surface area contributed by atoms with Gasteiger partial charge in [0.2, 0.25) is 0 Å². The van der Waals surface area contributed by atoms with E-state index < -0.39 is 49.9 Å². The predicted molar refractivity (Wildman–Crippen MR) is 71.3 cm³/mol. The van der Waals surface area contributed by atoms with Crippen molar-refractivity contribution in [3.8, 4) is 17.2 Å². The van der Waals surface area contributed by atoms with Gasteiger partial charge in [-0.3, -0.25) is 0 Å². The average molecular weight is 318 g/mol. The average Bonchev–Trinajstić information content (AvgIpc) is 2.52. The molecule has 0 saturated carbocycles. The molecule has 1 aromatic carbocycles. The summed E-state index contributed by atoms with van der Waals surface area (Å²) < 4.78 is 9.60. The first-order chi connectivity index (χ1) is 10.3. The lowest BCUT2D eigenvalue weighted by molar-refractivity contribution is -0.154. The summed E-state index contributed by atoms with van der Waals surface area (Å²) in [4.78, 5) is 11.4. The smallest absolute Gasteiger partial charge is 0.344 e. The van der Waals surface area contributed by atoms with Crippen molar-refractivity contribution in [1.29, 1.82) is 0 Å². The fourth-order valence-corrected chi connectivity index (χ4v) is 1.42. The van der Waals surface area contributed by atoms with Crippen molar-refractivity contribution in [2.24, 2.45) is 0 Å². The lowest BCUT2D eigenvalue weighted by Crippen LogP contribution is -2.42. The molecule has 0 saturated heterocycles. The highest BCUT2D eigenvalue weighted by atomic mass is 16.6. The minimum atomic E-state index is -1.66. The summed E-state index contributed by atoms with van der Waals surface area (Å²) in [6, 6.07) is 3.59. The lowest BCUT2D eigenvalue weighted by atomic mass is 10.1. The summed E-state index contributed by atoms with van der Waals surface area (Å²) in [6.07, 6.45) is -4.78. The molecule has 0 aliphatic rings. The number of ether oxygens (including phenoxy) is 2. The molecule has 9 nitrogen and oxygen atoms in total. The van der Waals surface area contributed by atoms with Gasteiger partial charge in [-0.15, -0.1) is 0 Å². The van der Waals surface area contributed by atoms with Gasteiger partial charge in [-0.05, 0) is 12.1 Å². The number of rotatable bonds is 8. The maximum absolute atomic E-state index is 11.4. The van der Waals surface area contributed by atoms with E-state index in [2.05, 4.69) is 4.74 Å². The van der Waals surface area contributed by atoms with Crippen LogP contribution in [0.25, 0.3) is 0 Å².